The highest BCUT2D eigenvalue weighted by molar-refractivity contribution is 5.92. The van der Waals surface area contributed by atoms with Gasteiger partial charge in [-0.15, -0.1) is 0 Å². The molecular weight excluding hydrogens is 212 g/mol. The standard InChI is InChI=1S/C10H16N2O4/c1-6-9(2,7(13)15-4)10(3,12-11-6)8(14)16-5/h6H,1-5H3/t6-,9+,10-/m0/s1. The lowest BCUT2D eigenvalue weighted by Gasteiger charge is -2.34. The van der Waals surface area contributed by atoms with Crippen molar-refractivity contribution in [2.45, 2.75) is 32.4 Å². The molecule has 0 spiro atoms. The molecule has 0 saturated carbocycles. The minimum absolute atomic E-state index is 0.427. The molecule has 0 unspecified atom stereocenters. The van der Waals surface area contributed by atoms with Gasteiger partial charge >= 0.3 is 11.9 Å². The third kappa shape index (κ3) is 1.32. The topological polar surface area (TPSA) is 77.3 Å². The van der Waals surface area contributed by atoms with E-state index in [0.29, 0.717) is 0 Å². The second-order valence-electron chi connectivity index (χ2n) is 4.15. The maximum atomic E-state index is 11.8. The molecule has 0 aliphatic carbocycles. The second kappa shape index (κ2) is 3.84. The highest BCUT2D eigenvalue weighted by Crippen LogP contribution is 2.46. The van der Waals surface area contributed by atoms with Crippen molar-refractivity contribution in [1.29, 1.82) is 0 Å². The van der Waals surface area contributed by atoms with E-state index in [-0.39, 0.29) is 0 Å². The first-order chi connectivity index (χ1) is 7.34. The smallest absolute Gasteiger partial charge is 0.336 e. The Labute approximate surface area is 94.0 Å². The van der Waals surface area contributed by atoms with E-state index < -0.39 is 28.9 Å². The largest absolute Gasteiger partial charge is 0.468 e. The average molecular weight is 228 g/mol. The summed E-state index contributed by atoms with van der Waals surface area (Å²) in [5.74, 6) is -1.11. The molecule has 0 saturated heterocycles. The van der Waals surface area contributed by atoms with Crippen molar-refractivity contribution in [3.05, 3.63) is 0 Å². The van der Waals surface area contributed by atoms with E-state index in [4.69, 9.17) is 4.74 Å². The number of esters is 2. The Bertz CT molecular complexity index is 355. The summed E-state index contributed by atoms with van der Waals surface area (Å²) in [5.41, 5.74) is -2.46. The van der Waals surface area contributed by atoms with Gasteiger partial charge < -0.3 is 9.47 Å². The summed E-state index contributed by atoms with van der Waals surface area (Å²) < 4.78 is 9.41. The van der Waals surface area contributed by atoms with Crippen molar-refractivity contribution < 1.29 is 19.1 Å². The molecular formula is C10H16N2O4. The molecule has 1 heterocycles. The van der Waals surface area contributed by atoms with Crippen molar-refractivity contribution in [2.75, 3.05) is 14.2 Å². The predicted octanol–water partition coefficient (Wildman–Crippen LogP) is 0.952. The third-order valence-corrected chi connectivity index (χ3v) is 3.47. The molecule has 3 atom stereocenters. The van der Waals surface area contributed by atoms with Crippen LogP contribution < -0.4 is 0 Å². The number of carbonyl (C=O) groups excluding carboxylic acids is 2. The number of nitrogens with zero attached hydrogens (tertiary/aromatic N) is 2. The molecule has 1 rings (SSSR count). The fourth-order valence-electron chi connectivity index (χ4n) is 1.86. The van der Waals surface area contributed by atoms with Crippen LogP contribution in [0.15, 0.2) is 10.2 Å². The number of carbonyl (C=O) groups is 2. The Morgan fingerprint density at radius 2 is 1.62 bits per heavy atom. The van der Waals surface area contributed by atoms with Gasteiger partial charge in [-0.05, 0) is 20.8 Å². The number of rotatable bonds is 2. The van der Waals surface area contributed by atoms with Crippen molar-refractivity contribution in [3.63, 3.8) is 0 Å². The summed E-state index contributed by atoms with van der Waals surface area (Å²) in [4.78, 5) is 23.6. The van der Waals surface area contributed by atoms with E-state index >= 15 is 0 Å². The van der Waals surface area contributed by atoms with E-state index in [1.165, 1.54) is 21.1 Å². The van der Waals surface area contributed by atoms with Crippen molar-refractivity contribution in [3.8, 4) is 0 Å². The Kier molecular flexibility index (Phi) is 3.03. The first kappa shape index (κ1) is 12.6. The average Bonchev–Trinajstić information content (AvgIpc) is 2.53. The first-order valence-electron chi connectivity index (χ1n) is 4.93. The summed E-state index contributed by atoms with van der Waals surface area (Å²) in [6.45, 7) is 4.86. The molecule has 0 aromatic carbocycles. The van der Waals surface area contributed by atoms with Gasteiger partial charge in [-0.25, -0.2) is 4.79 Å². The predicted molar refractivity (Wildman–Crippen MR) is 54.9 cm³/mol. The van der Waals surface area contributed by atoms with Gasteiger partial charge in [-0.2, -0.15) is 10.2 Å². The molecule has 1 aliphatic rings. The number of hydrogen-bond acceptors (Lipinski definition) is 6. The summed E-state index contributed by atoms with van der Waals surface area (Å²) >= 11 is 0. The molecule has 0 amide bonds. The fourth-order valence-corrected chi connectivity index (χ4v) is 1.86. The summed E-state index contributed by atoms with van der Waals surface area (Å²) in [6.07, 6.45) is 0. The van der Waals surface area contributed by atoms with Gasteiger partial charge in [0, 0.05) is 0 Å². The molecule has 0 radical (unpaired) electrons. The SMILES string of the molecule is COC(=O)[C@]1(C)N=N[C@@H](C)[C@]1(C)C(=O)OC. The molecule has 0 N–H and O–H groups in total. The van der Waals surface area contributed by atoms with Crippen LogP contribution in [0.25, 0.3) is 0 Å². The maximum Gasteiger partial charge on any atom is 0.336 e. The van der Waals surface area contributed by atoms with Crippen LogP contribution in [0.1, 0.15) is 20.8 Å². The Morgan fingerprint density at radius 1 is 1.12 bits per heavy atom. The molecule has 0 aromatic rings. The van der Waals surface area contributed by atoms with Gasteiger partial charge in [0.15, 0.2) is 5.54 Å². The van der Waals surface area contributed by atoms with Crippen LogP contribution in [0.3, 0.4) is 0 Å². The van der Waals surface area contributed by atoms with Crippen LogP contribution >= 0.6 is 0 Å². The summed E-state index contributed by atoms with van der Waals surface area (Å²) in [7, 11) is 2.53. The van der Waals surface area contributed by atoms with Gasteiger partial charge in [-0.1, -0.05) is 0 Å². The molecule has 0 bridgehead atoms. The van der Waals surface area contributed by atoms with Crippen molar-refractivity contribution >= 4 is 11.9 Å². The van der Waals surface area contributed by atoms with Gasteiger partial charge in [0.25, 0.3) is 0 Å². The van der Waals surface area contributed by atoms with Gasteiger partial charge in [0.1, 0.15) is 5.41 Å². The normalized spacial score (nSPS) is 37.2. The number of hydrogen-bond donors (Lipinski definition) is 0. The van der Waals surface area contributed by atoms with Crippen LogP contribution in [0.4, 0.5) is 0 Å². The lowest BCUT2D eigenvalue weighted by atomic mass is 9.69. The highest BCUT2D eigenvalue weighted by Gasteiger charge is 2.64. The molecule has 1 aliphatic heterocycles. The lowest BCUT2D eigenvalue weighted by molar-refractivity contribution is -0.165. The van der Waals surface area contributed by atoms with Crippen LogP contribution in [-0.2, 0) is 19.1 Å². The zero-order valence-corrected chi connectivity index (χ0v) is 10.1. The molecule has 6 nitrogen and oxygen atoms in total. The zero-order chi connectivity index (χ0) is 12.6. The third-order valence-electron chi connectivity index (χ3n) is 3.47. The monoisotopic (exact) mass is 228 g/mol. The maximum absolute atomic E-state index is 11.8. The minimum Gasteiger partial charge on any atom is -0.468 e. The molecule has 6 heteroatoms. The molecule has 16 heavy (non-hydrogen) atoms. The van der Waals surface area contributed by atoms with E-state index in [2.05, 4.69) is 15.0 Å². The van der Waals surface area contributed by atoms with Crippen LogP contribution in [0, 0.1) is 5.41 Å². The quantitative estimate of drug-likeness (QED) is 0.659. The van der Waals surface area contributed by atoms with E-state index in [9.17, 15) is 9.59 Å². The Balaban J connectivity index is 3.24. The van der Waals surface area contributed by atoms with Crippen LogP contribution in [0.5, 0.6) is 0 Å². The van der Waals surface area contributed by atoms with Crippen molar-refractivity contribution in [1.82, 2.24) is 0 Å². The van der Waals surface area contributed by atoms with Crippen LogP contribution in [-0.4, -0.2) is 37.7 Å². The number of azo groups is 1. The lowest BCUT2D eigenvalue weighted by Crippen LogP contribution is -2.55. The van der Waals surface area contributed by atoms with E-state index in [1.54, 1.807) is 13.8 Å². The van der Waals surface area contributed by atoms with E-state index in [0.717, 1.165) is 0 Å². The van der Waals surface area contributed by atoms with Gasteiger partial charge in [0.05, 0.1) is 20.3 Å². The second-order valence-corrected chi connectivity index (χ2v) is 4.15. The van der Waals surface area contributed by atoms with Gasteiger partial charge in [-0.3, -0.25) is 4.79 Å². The van der Waals surface area contributed by atoms with Gasteiger partial charge in [0.2, 0.25) is 0 Å². The minimum atomic E-state index is -1.33. The number of methoxy groups -OCH3 is 2. The molecule has 90 valence electrons. The zero-order valence-electron chi connectivity index (χ0n) is 10.1. The number of ether oxygens (including phenoxy) is 2. The van der Waals surface area contributed by atoms with E-state index in [1.807, 2.05) is 0 Å². The van der Waals surface area contributed by atoms with Crippen LogP contribution in [0.2, 0.25) is 0 Å². The molecule has 0 aromatic heterocycles. The Morgan fingerprint density at radius 3 is 2.06 bits per heavy atom. The summed E-state index contributed by atoms with van der Waals surface area (Å²) in [6, 6.07) is -0.427. The van der Waals surface area contributed by atoms with Crippen molar-refractivity contribution in [2.24, 2.45) is 15.6 Å². The Hall–Kier alpha value is -1.46. The molecule has 0 fully saturated rings. The highest BCUT2D eigenvalue weighted by atomic mass is 16.5. The summed E-state index contributed by atoms with van der Waals surface area (Å²) in [5, 5.41) is 7.80. The first-order valence-corrected chi connectivity index (χ1v) is 4.93. The fraction of sp³-hybridized carbons (Fsp3) is 0.800.